The van der Waals surface area contributed by atoms with E-state index in [1.54, 1.807) is 0 Å². The van der Waals surface area contributed by atoms with E-state index >= 15 is 0 Å². The Morgan fingerprint density at radius 1 is 1.10 bits per heavy atom. The summed E-state index contributed by atoms with van der Waals surface area (Å²) < 4.78 is 11.4. The van der Waals surface area contributed by atoms with Crippen molar-refractivity contribution >= 4 is 11.8 Å². The minimum absolute atomic E-state index is 0.0241. The number of hydrogen-bond donors (Lipinski definition) is 0. The fourth-order valence-corrected chi connectivity index (χ4v) is 6.89. The van der Waals surface area contributed by atoms with Crippen molar-refractivity contribution in [2.75, 3.05) is 57.9 Å². The van der Waals surface area contributed by atoms with Crippen molar-refractivity contribution < 1.29 is 14.3 Å². The monoisotopic (exact) mass is 547 g/mol. The molecule has 0 saturated carbocycles. The maximum Gasteiger partial charge on any atom is 0.410 e. The lowest BCUT2D eigenvalue weighted by atomic mass is 9.89. The maximum absolute atomic E-state index is 13.6. The first-order valence-electron chi connectivity index (χ1n) is 15.1. The molecule has 8 heteroatoms. The zero-order chi connectivity index (χ0) is 27.9. The van der Waals surface area contributed by atoms with E-state index in [1.165, 1.54) is 34.5 Å². The van der Waals surface area contributed by atoms with Crippen LogP contribution in [0.2, 0.25) is 0 Å². The summed E-state index contributed by atoms with van der Waals surface area (Å²) in [7, 11) is 2.20. The van der Waals surface area contributed by atoms with Gasteiger partial charge in [0.05, 0.1) is 37.0 Å². The standard InChI is InChI=1S/C32H45N5O3/c1-32(2,3)40-31(38)37-19-24-9-6-11-28(36-16-14-35(15-17-36)26-21-39-22-26)27(24)18-25(37)20-34(4)29-12-5-8-23-10-7-13-33-30(23)29/h6-7,9-11,13,25-26,29H,5,8,12,14-22H2,1-4H3/t25-,29?/m1/s1. The van der Waals surface area contributed by atoms with Gasteiger partial charge in [-0.1, -0.05) is 18.2 Å². The molecule has 40 heavy (non-hydrogen) atoms. The summed E-state index contributed by atoms with van der Waals surface area (Å²) in [6.45, 7) is 13.1. The number of likely N-dealkylation sites (N-methyl/N-ethyl adjacent to an activating group) is 1. The van der Waals surface area contributed by atoms with Crippen molar-refractivity contribution in [1.82, 2.24) is 19.7 Å². The van der Waals surface area contributed by atoms with Crippen LogP contribution in [0.3, 0.4) is 0 Å². The number of ether oxygens (including phenoxy) is 2. The lowest BCUT2D eigenvalue weighted by molar-refractivity contribution is -0.0660. The number of nitrogens with zero attached hydrogens (tertiary/aromatic N) is 5. The summed E-state index contributed by atoms with van der Waals surface area (Å²) in [6.07, 6.45) is 5.88. The molecule has 1 aromatic heterocycles. The average molecular weight is 548 g/mol. The van der Waals surface area contributed by atoms with Gasteiger partial charge in [0.2, 0.25) is 0 Å². The molecule has 3 aliphatic heterocycles. The van der Waals surface area contributed by atoms with Crippen LogP contribution in [0.1, 0.15) is 62.0 Å². The maximum atomic E-state index is 13.6. The summed E-state index contributed by atoms with van der Waals surface area (Å²) in [6, 6.07) is 11.8. The Bertz CT molecular complexity index is 1200. The number of aromatic nitrogens is 1. The van der Waals surface area contributed by atoms with Crippen LogP contribution in [0.15, 0.2) is 36.5 Å². The van der Waals surface area contributed by atoms with Gasteiger partial charge < -0.3 is 14.4 Å². The number of carbonyl (C=O) groups is 1. The second kappa shape index (κ2) is 11.3. The number of benzene rings is 1. The zero-order valence-electron chi connectivity index (χ0n) is 24.6. The highest BCUT2D eigenvalue weighted by molar-refractivity contribution is 5.70. The second-order valence-corrected chi connectivity index (χ2v) is 13.0. The van der Waals surface area contributed by atoms with Crippen molar-refractivity contribution in [2.45, 2.75) is 76.7 Å². The van der Waals surface area contributed by atoms with Gasteiger partial charge in [0.1, 0.15) is 5.60 Å². The molecule has 0 N–H and O–H groups in total. The van der Waals surface area contributed by atoms with Gasteiger partial charge in [0.25, 0.3) is 0 Å². The number of carbonyl (C=O) groups excluding carboxylic acids is 1. The molecule has 4 aliphatic rings. The van der Waals surface area contributed by atoms with E-state index in [2.05, 4.69) is 46.0 Å². The number of aryl methyl sites for hydroxylation is 1. The largest absolute Gasteiger partial charge is 0.444 e. The van der Waals surface area contributed by atoms with Gasteiger partial charge in [-0.2, -0.15) is 0 Å². The number of amides is 1. The van der Waals surface area contributed by atoms with Crippen molar-refractivity contribution in [3.05, 3.63) is 58.9 Å². The lowest BCUT2D eigenvalue weighted by Gasteiger charge is -2.45. The first kappa shape index (κ1) is 27.5. The highest BCUT2D eigenvalue weighted by atomic mass is 16.6. The van der Waals surface area contributed by atoms with Crippen LogP contribution in [-0.4, -0.2) is 96.4 Å². The fourth-order valence-electron chi connectivity index (χ4n) is 6.89. The third-order valence-corrected chi connectivity index (χ3v) is 9.09. The predicted octanol–water partition coefficient (Wildman–Crippen LogP) is 4.27. The number of anilines is 1. The average Bonchev–Trinajstić information content (AvgIpc) is 2.90. The number of pyridine rings is 1. The molecule has 4 heterocycles. The van der Waals surface area contributed by atoms with Crippen molar-refractivity contribution in [2.24, 2.45) is 0 Å². The summed E-state index contributed by atoms with van der Waals surface area (Å²) >= 11 is 0. The van der Waals surface area contributed by atoms with Gasteiger partial charge in [0, 0.05) is 51.2 Å². The molecule has 6 rings (SSSR count). The minimum atomic E-state index is -0.535. The van der Waals surface area contributed by atoms with Gasteiger partial charge in [0.15, 0.2) is 0 Å². The van der Waals surface area contributed by atoms with E-state index in [0.717, 1.165) is 65.2 Å². The molecule has 0 radical (unpaired) electrons. The predicted molar refractivity (Wildman–Crippen MR) is 157 cm³/mol. The number of rotatable bonds is 5. The first-order chi connectivity index (χ1) is 19.3. The molecule has 2 saturated heterocycles. The van der Waals surface area contributed by atoms with Gasteiger partial charge in [-0.25, -0.2) is 4.79 Å². The van der Waals surface area contributed by atoms with Crippen LogP contribution in [0.25, 0.3) is 0 Å². The molecule has 216 valence electrons. The third kappa shape index (κ3) is 5.71. The van der Waals surface area contributed by atoms with Gasteiger partial charge in [-0.05, 0) is 82.3 Å². The Balaban J connectivity index is 1.24. The van der Waals surface area contributed by atoms with E-state index < -0.39 is 5.60 Å². The molecule has 1 aliphatic carbocycles. The van der Waals surface area contributed by atoms with Gasteiger partial charge in [-0.15, -0.1) is 0 Å². The molecule has 2 fully saturated rings. The van der Waals surface area contributed by atoms with E-state index in [1.807, 2.05) is 37.9 Å². The number of piperazine rings is 1. The zero-order valence-corrected chi connectivity index (χ0v) is 24.6. The van der Waals surface area contributed by atoms with E-state index in [0.29, 0.717) is 12.6 Å². The lowest BCUT2D eigenvalue weighted by Crippen LogP contribution is -2.57. The number of fused-ring (bicyclic) bond motifs is 2. The van der Waals surface area contributed by atoms with Crippen molar-refractivity contribution in [3.8, 4) is 0 Å². The molecule has 1 amide bonds. The van der Waals surface area contributed by atoms with Crippen LogP contribution in [0.4, 0.5) is 10.5 Å². The SMILES string of the molecule is CN(C[C@H]1Cc2c(cccc2N2CCN(C3COC3)CC2)CN1C(=O)OC(C)(C)C)C1CCCc2cccnc21. The quantitative estimate of drug-likeness (QED) is 0.554. The molecular weight excluding hydrogens is 502 g/mol. The minimum Gasteiger partial charge on any atom is -0.444 e. The Morgan fingerprint density at radius 3 is 2.60 bits per heavy atom. The van der Waals surface area contributed by atoms with Gasteiger partial charge in [-0.3, -0.25) is 19.7 Å². The van der Waals surface area contributed by atoms with Crippen molar-refractivity contribution in [1.29, 1.82) is 0 Å². The molecular formula is C32H45N5O3. The second-order valence-electron chi connectivity index (χ2n) is 13.0. The molecule has 0 spiro atoms. The Hall–Kier alpha value is -2.68. The molecule has 1 aromatic carbocycles. The van der Waals surface area contributed by atoms with Crippen molar-refractivity contribution in [3.63, 3.8) is 0 Å². The van der Waals surface area contributed by atoms with E-state index in [4.69, 9.17) is 14.5 Å². The van der Waals surface area contributed by atoms with Crippen LogP contribution >= 0.6 is 0 Å². The topological polar surface area (TPSA) is 61.4 Å². The highest BCUT2D eigenvalue weighted by Gasteiger charge is 2.37. The summed E-state index contributed by atoms with van der Waals surface area (Å²) in [4.78, 5) is 27.9. The summed E-state index contributed by atoms with van der Waals surface area (Å²) in [5.74, 6) is 0. The smallest absolute Gasteiger partial charge is 0.410 e. The molecule has 8 nitrogen and oxygen atoms in total. The number of hydrogen-bond acceptors (Lipinski definition) is 7. The van der Waals surface area contributed by atoms with Gasteiger partial charge >= 0.3 is 6.09 Å². The summed E-state index contributed by atoms with van der Waals surface area (Å²) in [5.41, 5.74) is 5.99. The van der Waals surface area contributed by atoms with Crippen LogP contribution in [-0.2, 0) is 28.9 Å². The normalized spacial score (nSPS) is 23.9. The summed E-state index contributed by atoms with van der Waals surface area (Å²) in [5, 5.41) is 0. The fraction of sp³-hybridized carbons (Fsp3) is 0.625. The Kier molecular flexibility index (Phi) is 7.77. The molecule has 2 atom stereocenters. The van der Waals surface area contributed by atoms with Crippen LogP contribution < -0.4 is 4.90 Å². The molecule has 1 unspecified atom stereocenters. The molecule has 0 bridgehead atoms. The van der Waals surface area contributed by atoms with Crippen LogP contribution in [0, 0.1) is 0 Å². The first-order valence-corrected chi connectivity index (χ1v) is 15.1. The van der Waals surface area contributed by atoms with Crippen LogP contribution in [0.5, 0.6) is 0 Å². The third-order valence-electron chi connectivity index (χ3n) is 9.09. The van der Waals surface area contributed by atoms with E-state index in [-0.39, 0.29) is 18.2 Å². The Labute approximate surface area is 239 Å². The highest BCUT2D eigenvalue weighted by Crippen LogP contribution is 2.36. The molecule has 2 aromatic rings. The Morgan fingerprint density at radius 2 is 1.88 bits per heavy atom. The van der Waals surface area contributed by atoms with E-state index in [9.17, 15) is 4.79 Å².